The highest BCUT2D eigenvalue weighted by molar-refractivity contribution is 8.76. The first-order chi connectivity index (χ1) is 8.27. The van der Waals surface area contributed by atoms with Crippen LogP contribution in [0.2, 0.25) is 0 Å². The lowest BCUT2D eigenvalue weighted by atomic mass is 10.1. The quantitative estimate of drug-likeness (QED) is 0.443. The molecule has 0 unspecified atom stereocenters. The van der Waals surface area contributed by atoms with Crippen LogP contribution in [0.3, 0.4) is 0 Å². The summed E-state index contributed by atoms with van der Waals surface area (Å²) in [6, 6.07) is 7.91. The van der Waals surface area contributed by atoms with E-state index in [4.69, 9.17) is 0 Å². The number of carbonyl (C=O) groups is 1. The fourth-order valence-corrected chi connectivity index (χ4v) is 3.32. The Morgan fingerprint density at radius 1 is 1.29 bits per heavy atom. The van der Waals surface area contributed by atoms with E-state index in [0.29, 0.717) is 6.42 Å². The standard InChI is InChI=1S/C13H19NOS2/c1-3-4-13(15)11-5-7-12(8-6-11)17-16-10-9-14-2/h5-8,14H,3-4,9-10H2,1-2H3. The molecule has 1 rings (SSSR count). The van der Waals surface area contributed by atoms with E-state index in [-0.39, 0.29) is 5.78 Å². The van der Waals surface area contributed by atoms with Gasteiger partial charge in [0.2, 0.25) is 0 Å². The molecule has 1 aromatic rings. The normalized spacial score (nSPS) is 10.5. The van der Waals surface area contributed by atoms with E-state index in [0.717, 1.165) is 24.3 Å². The van der Waals surface area contributed by atoms with Crippen molar-refractivity contribution < 1.29 is 4.79 Å². The zero-order valence-electron chi connectivity index (χ0n) is 10.4. The van der Waals surface area contributed by atoms with Gasteiger partial charge in [0.05, 0.1) is 0 Å². The van der Waals surface area contributed by atoms with Crippen molar-refractivity contribution in [3.8, 4) is 0 Å². The van der Waals surface area contributed by atoms with E-state index in [2.05, 4.69) is 5.32 Å². The van der Waals surface area contributed by atoms with Crippen LogP contribution in [-0.2, 0) is 0 Å². The second-order valence-electron chi connectivity index (χ2n) is 3.71. The Hall–Kier alpha value is -0.450. The summed E-state index contributed by atoms with van der Waals surface area (Å²) in [6.45, 7) is 3.05. The van der Waals surface area contributed by atoms with Gasteiger partial charge in [-0.1, -0.05) is 40.6 Å². The van der Waals surface area contributed by atoms with Gasteiger partial charge in [-0.2, -0.15) is 0 Å². The minimum atomic E-state index is 0.242. The number of Topliss-reactive ketones (excluding diaryl/α,β-unsaturated/α-hetero) is 1. The molecule has 0 saturated heterocycles. The smallest absolute Gasteiger partial charge is 0.162 e. The van der Waals surface area contributed by atoms with Gasteiger partial charge in [0.1, 0.15) is 0 Å². The van der Waals surface area contributed by atoms with Gasteiger partial charge in [-0.25, -0.2) is 0 Å². The Balaban J connectivity index is 2.42. The van der Waals surface area contributed by atoms with Crippen LogP contribution in [0.1, 0.15) is 30.1 Å². The highest BCUT2D eigenvalue weighted by atomic mass is 33.1. The Labute approximate surface area is 111 Å². The largest absolute Gasteiger partial charge is 0.319 e. The number of carbonyl (C=O) groups excluding carboxylic acids is 1. The number of hydrogen-bond acceptors (Lipinski definition) is 4. The molecule has 0 aliphatic rings. The van der Waals surface area contributed by atoms with Crippen LogP contribution in [0.15, 0.2) is 29.2 Å². The zero-order chi connectivity index (χ0) is 12.5. The van der Waals surface area contributed by atoms with Gasteiger partial charge in [-0.3, -0.25) is 4.79 Å². The molecule has 1 N–H and O–H groups in total. The number of nitrogens with one attached hydrogen (secondary N) is 1. The predicted octanol–water partition coefficient (Wildman–Crippen LogP) is 3.63. The van der Waals surface area contributed by atoms with Gasteiger partial charge in [-0.05, 0) is 25.6 Å². The van der Waals surface area contributed by atoms with E-state index >= 15 is 0 Å². The summed E-state index contributed by atoms with van der Waals surface area (Å²) in [6.07, 6.45) is 1.55. The highest BCUT2D eigenvalue weighted by Gasteiger charge is 2.04. The maximum absolute atomic E-state index is 11.6. The Bertz CT molecular complexity index is 338. The summed E-state index contributed by atoms with van der Waals surface area (Å²) in [7, 11) is 5.54. The van der Waals surface area contributed by atoms with Gasteiger partial charge in [0.15, 0.2) is 5.78 Å². The fraction of sp³-hybridized carbons (Fsp3) is 0.462. The molecule has 0 radical (unpaired) electrons. The minimum absolute atomic E-state index is 0.242. The molecule has 4 heteroatoms. The highest BCUT2D eigenvalue weighted by Crippen LogP contribution is 2.30. The molecule has 0 saturated carbocycles. The molecule has 0 fully saturated rings. The molecule has 94 valence electrons. The molecule has 0 aliphatic carbocycles. The zero-order valence-corrected chi connectivity index (χ0v) is 12.0. The number of rotatable bonds is 8. The van der Waals surface area contributed by atoms with Crippen LogP contribution in [-0.4, -0.2) is 25.1 Å². The van der Waals surface area contributed by atoms with Crippen LogP contribution >= 0.6 is 21.6 Å². The summed E-state index contributed by atoms with van der Waals surface area (Å²) >= 11 is 0. The monoisotopic (exact) mass is 269 g/mol. The molecular weight excluding hydrogens is 250 g/mol. The minimum Gasteiger partial charge on any atom is -0.319 e. The average Bonchev–Trinajstić information content (AvgIpc) is 2.36. The SMILES string of the molecule is CCCC(=O)c1ccc(SSCCNC)cc1. The summed E-state index contributed by atoms with van der Waals surface area (Å²) in [5.74, 6) is 1.32. The third-order valence-electron chi connectivity index (χ3n) is 2.24. The Kier molecular flexibility index (Phi) is 7.40. The predicted molar refractivity (Wildman–Crippen MR) is 77.9 cm³/mol. The molecule has 2 nitrogen and oxygen atoms in total. The molecule has 0 aromatic heterocycles. The van der Waals surface area contributed by atoms with Crippen molar-refractivity contribution in [3.63, 3.8) is 0 Å². The number of hydrogen-bond donors (Lipinski definition) is 1. The van der Waals surface area contributed by atoms with E-state index in [1.807, 2.05) is 49.0 Å². The van der Waals surface area contributed by atoms with Crippen molar-refractivity contribution in [1.29, 1.82) is 0 Å². The summed E-state index contributed by atoms with van der Waals surface area (Å²) < 4.78 is 0. The van der Waals surface area contributed by atoms with Crippen molar-refractivity contribution in [1.82, 2.24) is 5.32 Å². The molecule has 0 aliphatic heterocycles. The first-order valence-electron chi connectivity index (χ1n) is 5.85. The number of ketones is 1. The molecule has 0 amide bonds. The first kappa shape index (κ1) is 14.6. The lowest BCUT2D eigenvalue weighted by molar-refractivity contribution is 0.0981. The van der Waals surface area contributed by atoms with Crippen molar-refractivity contribution in [3.05, 3.63) is 29.8 Å². The van der Waals surface area contributed by atoms with E-state index in [1.165, 1.54) is 4.90 Å². The van der Waals surface area contributed by atoms with Gasteiger partial charge in [0.25, 0.3) is 0 Å². The molecule has 0 heterocycles. The molecule has 0 atom stereocenters. The maximum Gasteiger partial charge on any atom is 0.162 e. The summed E-state index contributed by atoms with van der Waals surface area (Å²) in [5, 5.41) is 3.11. The van der Waals surface area contributed by atoms with Gasteiger partial charge in [0, 0.05) is 29.2 Å². The summed E-state index contributed by atoms with van der Waals surface area (Å²) in [4.78, 5) is 12.8. The Morgan fingerprint density at radius 3 is 2.59 bits per heavy atom. The van der Waals surface area contributed by atoms with E-state index < -0.39 is 0 Å². The van der Waals surface area contributed by atoms with Crippen LogP contribution in [0.25, 0.3) is 0 Å². The van der Waals surface area contributed by atoms with Crippen molar-refractivity contribution >= 4 is 27.4 Å². The molecule has 17 heavy (non-hydrogen) atoms. The molecule has 0 bridgehead atoms. The second kappa shape index (κ2) is 8.61. The van der Waals surface area contributed by atoms with E-state index in [1.54, 1.807) is 10.8 Å². The number of benzene rings is 1. The lowest BCUT2D eigenvalue weighted by Gasteiger charge is -2.03. The third-order valence-corrected chi connectivity index (χ3v) is 4.63. The van der Waals surface area contributed by atoms with E-state index in [9.17, 15) is 4.79 Å². The molecular formula is C13H19NOS2. The molecule has 0 spiro atoms. The first-order valence-corrected chi connectivity index (χ1v) is 8.17. The topological polar surface area (TPSA) is 29.1 Å². The third kappa shape index (κ3) is 5.61. The lowest BCUT2D eigenvalue weighted by Crippen LogP contribution is -2.08. The van der Waals surface area contributed by atoms with Gasteiger partial charge in [-0.15, -0.1) is 0 Å². The Morgan fingerprint density at radius 2 is 2.00 bits per heavy atom. The average molecular weight is 269 g/mol. The van der Waals surface area contributed by atoms with Crippen LogP contribution < -0.4 is 5.32 Å². The van der Waals surface area contributed by atoms with Crippen LogP contribution in [0.4, 0.5) is 0 Å². The van der Waals surface area contributed by atoms with Gasteiger partial charge < -0.3 is 5.32 Å². The van der Waals surface area contributed by atoms with Crippen LogP contribution in [0.5, 0.6) is 0 Å². The molecule has 1 aromatic carbocycles. The summed E-state index contributed by atoms with van der Waals surface area (Å²) in [5.41, 5.74) is 0.830. The van der Waals surface area contributed by atoms with Crippen molar-refractivity contribution in [2.45, 2.75) is 24.7 Å². The van der Waals surface area contributed by atoms with Crippen LogP contribution in [0, 0.1) is 0 Å². The maximum atomic E-state index is 11.6. The van der Waals surface area contributed by atoms with Gasteiger partial charge >= 0.3 is 0 Å². The second-order valence-corrected chi connectivity index (χ2v) is 6.20. The van der Waals surface area contributed by atoms with Crippen molar-refractivity contribution in [2.24, 2.45) is 0 Å². The van der Waals surface area contributed by atoms with Crippen molar-refractivity contribution in [2.75, 3.05) is 19.3 Å². The fourth-order valence-electron chi connectivity index (χ4n) is 1.32.